The highest BCUT2D eigenvalue weighted by Gasteiger charge is 2.35. The number of carbonyl (C=O) groups excluding carboxylic acids is 1. The normalized spacial score (nSPS) is 18.9. The van der Waals surface area contributed by atoms with E-state index in [-0.39, 0.29) is 41.3 Å². The van der Waals surface area contributed by atoms with Crippen molar-refractivity contribution in [1.82, 2.24) is 15.1 Å². The largest absolute Gasteiger partial charge is 0.450 e. The Hall–Kier alpha value is -1.62. The van der Waals surface area contributed by atoms with Crippen LogP contribution in [0.15, 0.2) is 29.3 Å². The van der Waals surface area contributed by atoms with E-state index in [4.69, 9.17) is 14.5 Å². The highest BCUT2D eigenvalue weighted by molar-refractivity contribution is 14.0. The van der Waals surface area contributed by atoms with Gasteiger partial charge >= 0.3 is 6.09 Å². The molecule has 1 aromatic carbocycles. The Morgan fingerprint density at radius 3 is 2.32 bits per heavy atom. The first-order valence-electron chi connectivity index (χ1n) is 10.9. The molecule has 1 aromatic rings. The first-order chi connectivity index (χ1) is 14.6. The molecule has 2 aliphatic heterocycles. The first-order valence-corrected chi connectivity index (χ1v) is 10.9. The summed E-state index contributed by atoms with van der Waals surface area (Å²) in [6.07, 6.45) is 1.47. The number of aliphatic imine (C=N–C) groups is 1. The maximum absolute atomic E-state index is 13.5. The number of nitrogens with zero attached hydrogens (tertiary/aromatic N) is 3. The number of halogens is 2. The molecule has 9 heteroatoms. The molecule has 2 aliphatic rings. The second-order valence-electron chi connectivity index (χ2n) is 7.74. The molecule has 0 aromatic heterocycles. The number of piperazine rings is 1. The van der Waals surface area contributed by atoms with Crippen molar-refractivity contribution in [2.24, 2.45) is 4.99 Å². The maximum atomic E-state index is 13.5. The zero-order valence-electron chi connectivity index (χ0n) is 18.4. The van der Waals surface area contributed by atoms with Crippen LogP contribution < -0.4 is 5.32 Å². The molecular formula is C22H34FIN4O3. The van der Waals surface area contributed by atoms with Crippen LogP contribution >= 0.6 is 24.0 Å². The zero-order chi connectivity index (χ0) is 21.4. The molecule has 0 aliphatic carbocycles. The topological polar surface area (TPSA) is 66.4 Å². The summed E-state index contributed by atoms with van der Waals surface area (Å²) >= 11 is 0. The van der Waals surface area contributed by atoms with Gasteiger partial charge in [-0.25, -0.2) is 9.18 Å². The molecule has 2 fully saturated rings. The summed E-state index contributed by atoms with van der Waals surface area (Å²) in [5.74, 6) is 0.631. The lowest BCUT2D eigenvalue weighted by Gasteiger charge is -2.38. The summed E-state index contributed by atoms with van der Waals surface area (Å²) in [6, 6.07) is 6.80. The van der Waals surface area contributed by atoms with Crippen molar-refractivity contribution in [2.75, 3.05) is 59.1 Å². The fourth-order valence-electron chi connectivity index (χ4n) is 4.07. The summed E-state index contributed by atoms with van der Waals surface area (Å²) in [5.41, 5.74) is 0.957. The van der Waals surface area contributed by atoms with Crippen LogP contribution in [0.1, 0.15) is 32.3 Å². The third-order valence-electron chi connectivity index (χ3n) is 5.88. The van der Waals surface area contributed by atoms with E-state index in [9.17, 15) is 9.18 Å². The highest BCUT2D eigenvalue weighted by Crippen LogP contribution is 2.35. The molecule has 0 unspecified atom stereocenters. The van der Waals surface area contributed by atoms with E-state index < -0.39 is 0 Å². The third kappa shape index (κ3) is 6.68. The highest BCUT2D eigenvalue weighted by atomic mass is 127. The van der Waals surface area contributed by atoms with Crippen LogP contribution in [0.25, 0.3) is 0 Å². The quantitative estimate of drug-likeness (QED) is 0.348. The fraction of sp³-hybridized carbons (Fsp3) is 0.636. The molecule has 7 nitrogen and oxygen atoms in total. The minimum absolute atomic E-state index is 0. The lowest BCUT2D eigenvalue weighted by atomic mass is 9.74. The van der Waals surface area contributed by atoms with Crippen molar-refractivity contribution in [3.8, 4) is 0 Å². The Morgan fingerprint density at radius 2 is 1.74 bits per heavy atom. The number of amides is 1. The van der Waals surface area contributed by atoms with Gasteiger partial charge in [0.1, 0.15) is 5.82 Å². The second-order valence-corrected chi connectivity index (χ2v) is 7.74. The SMILES string of the molecule is CCNC(=NCC1(c2ccc(F)cc2)CCOCC1)N1CCN(C(=O)OCC)CC1.I. The van der Waals surface area contributed by atoms with Crippen LogP contribution in [-0.4, -0.2) is 80.9 Å². The second kappa shape index (κ2) is 12.4. The molecule has 0 saturated carbocycles. The van der Waals surface area contributed by atoms with Crippen molar-refractivity contribution in [2.45, 2.75) is 32.1 Å². The van der Waals surface area contributed by atoms with Gasteiger partial charge in [-0.15, -0.1) is 24.0 Å². The van der Waals surface area contributed by atoms with Gasteiger partial charge in [-0.2, -0.15) is 0 Å². The van der Waals surface area contributed by atoms with Gasteiger partial charge < -0.3 is 24.6 Å². The minimum Gasteiger partial charge on any atom is -0.450 e. The number of carbonyl (C=O) groups is 1. The molecule has 0 atom stereocenters. The van der Waals surface area contributed by atoms with Crippen molar-refractivity contribution in [3.63, 3.8) is 0 Å². The zero-order valence-corrected chi connectivity index (χ0v) is 20.8. The molecule has 31 heavy (non-hydrogen) atoms. The molecule has 2 saturated heterocycles. The van der Waals surface area contributed by atoms with E-state index in [1.165, 1.54) is 12.1 Å². The van der Waals surface area contributed by atoms with Crippen molar-refractivity contribution < 1.29 is 18.7 Å². The van der Waals surface area contributed by atoms with Gasteiger partial charge in [0.05, 0.1) is 13.2 Å². The smallest absolute Gasteiger partial charge is 0.409 e. The van der Waals surface area contributed by atoms with E-state index >= 15 is 0 Å². The Kier molecular flexibility index (Phi) is 10.3. The van der Waals surface area contributed by atoms with Crippen molar-refractivity contribution >= 4 is 36.0 Å². The lowest BCUT2D eigenvalue weighted by Crippen LogP contribution is -2.54. The van der Waals surface area contributed by atoms with Crippen LogP contribution in [0.2, 0.25) is 0 Å². The predicted octanol–water partition coefficient (Wildman–Crippen LogP) is 3.23. The molecule has 0 spiro atoms. The predicted molar refractivity (Wildman–Crippen MR) is 130 cm³/mol. The molecule has 3 rings (SSSR count). The van der Waals surface area contributed by atoms with Gasteiger partial charge in [0.2, 0.25) is 0 Å². The number of hydrogen-bond acceptors (Lipinski definition) is 4. The van der Waals surface area contributed by atoms with E-state index in [2.05, 4.69) is 17.1 Å². The van der Waals surface area contributed by atoms with Crippen LogP contribution in [-0.2, 0) is 14.9 Å². The molecule has 1 amide bonds. The average molecular weight is 548 g/mol. The number of ether oxygens (including phenoxy) is 2. The average Bonchev–Trinajstić information content (AvgIpc) is 2.78. The maximum Gasteiger partial charge on any atom is 0.409 e. The van der Waals surface area contributed by atoms with Crippen molar-refractivity contribution in [1.29, 1.82) is 0 Å². The Balaban J connectivity index is 0.00000341. The van der Waals surface area contributed by atoms with Crippen LogP contribution in [0.4, 0.5) is 9.18 Å². The Bertz CT molecular complexity index is 718. The van der Waals surface area contributed by atoms with Crippen molar-refractivity contribution in [3.05, 3.63) is 35.6 Å². The fourth-order valence-corrected chi connectivity index (χ4v) is 4.07. The summed E-state index contributed by atoms with van der Waals surface area (Å²) in [5, 5.41) is 3.39. The Morgan fingerprint density at radius 1 is 1.13 bits per heavy atom. The standard InChI is InChI=1S/C22H33FN4O3.HI/c1-3-24-20(26-11-13-27(14-12-26)21(28)30-4-2)25-17-22(9-15-29-16-10-22)18-5-7-19(23)8-6-18;/h5-8H,3-4,9-17H2,1-2H3,(H,24,25);1H. The van der Waals surface area contributed by atoms with Gasteiger partial charge in [0.25, 0.3) is 0 Å². The number of guanidine groups is 1. The van der Waals surface area contributed by atoms with Crippen LogP contribution in [0.3, 0.4) is 0 Å². The summed E-state index contributed by atoms with van der Waals surface area (Å²) in [7, 11) is 0. The van der Waals surface area contributed by atoms with Gasteiger partial charge in [-0.1, -0.05) is 12.1 Å². The summed E-state index contributed by atoms with van der Waals surface area (Å²) < 4.78 is 24.2. The van der Waals surface area contributed by atoms with Gasteiger partial charge in [-0.05, 0) is 44.4 Å². The van der Waals surface area contributed by atoms with Crippen LogP contribution in [0.5, 0.6) is 0 Å². The third-order valence-corrected chi connectivity index (χ3v) is 5.88. The monoisotopic (exact) mass is 548 g/mol. The minimum atomic E-state index is -0.253. The molecule has 0 bridgehead atoms. The summed E-state index contributed by atoms with van der Waals surface area (Å²) in [6.45, 7) is 9.63. The molecule has 174 valence electrons. The molecule has 2 heterocycles. The van der Waals surface area contributed by atoms with Gasteiger partial charge in [0, 0.05) is 51.4 Å². The number of benzene rings is 1. The number of nitrogens with one attached hydrogen (secondary N) is 1. The molecular weight excluding hydrogens is 514 g/mol. The van der Waals surface area contributed by atoms with Gasteiger partial charge in [0.15, 0.2) is 5.96 Å². The number of hydrogen-bond donors (Lipinski definition) is 1. The molecule has 1 N–H and O–H groups in total. The van der Waals surface area contributed by atoms with E-state index in [0.717, 1.165) is 30.9 Å². The van der Waals surface area contributed by atoms with Gasteiger partial charge in [-0.3, -0.25) is 4.99 Å². The van der Waals surface area contributed by atoms with E-state index in [1.54, 1.807) is 4.90 Å². The van der Waals surface area contributed by atoms with E-state index in [1.807, 2.05) is 19.1 Å². The number of rotatable bonds is 5. The Labute approximate surface area is 201 Å². The lowest BCUT2D eigenvalue weighted by molar-refractivity contribution is 0.0529. The van der Waals surface area contributed by atoms with Crippen LogP contribution in [0, 0.1) is 5.82 Å². The summed E-state index contributed by atoms with van der Waals surface area (Å²) in [4.78, 5) is 20.9. The molecule has 0 radical (unpaired) electrons. The van der Waals surface area contributed by atoms with E-state index in [0.29, 0.717) is 52.5 Å². The first kappa shape index (κ1) is 25.6.